The van der Waals surface area contributed by atoms with Crippen molar-refractivity contribution in [2.75, 3.05) is 13.1 Å². The van der Waals surface area contributed by atoms with Gasteiger partial charge in [0.05, 0.1) is 5.71 Å². The van der Waals surface area contributed by atoms with Crippen LogP contribution in [0.5, 0.6) is 0 Å². The normalized spacial score (nSPS) is 16.3. The molecule has 6 heteroatoms. The van der Waals surface area contributed by atoms with Crippen LogP contribution < -0.4 is 5.43 Å². The third-order valence-electron chi connectivity index (χ3n) is 4.91. The first-order chi connectivity index (χ1) is 13.0. The van der Waals surface area contributed by atoms with E-state index in [9.17, 15) is 4.79 Å². The molecule has 3 rings (SSSR count). The molecule has 0 unspecified atom stereocenters. The Morgan fingerprint density at radius 3 is 2.44 bits per heavy atom. The summed E-state index contributed by atoms with van der Waals surface area (Å²) in [6.07, 6.45) is 1.65. The highest BCUT2D eigenvalue weighted by Gasteiger charge is 2.25. The van der Waals surface area contributed by atoms with E-state index in [0.29, 0.717) is 5.02 Å². The highest BCUT2D eigenvalue weighted by atomic mass is 35.5. The van der Waals surface area contributed by atoms with Crippen LogP contribution in [-0.4, -0.2) is 29.6 Å². The third-order valence-corrected chi connectivity index (χ3v) is 5.53. The Kier molecular flexibility index (Phi) is 6.89. The number of carbonyl (C=O) groups excluding carboxylic acids is 1. The van der Waals surface area contributed by atoms with E-state index in [0.717, 1.165) is 54.3 Å². The summed E-state index contributed by atoms with van der Waals surface area (Å²) >= 11 is 12.1. The number of rotatable bonds is 5. The summed E-state index contributed by atoms with van der Waals surface area (Å²) in [6, 6.07) is 15.3. The highest BCUT2D eigenvalue weighted by molar-refractivity contribution is 6.31. The van der Waals surface area contributed by atoms with Gasteiger partial charge < -0.3 is 0 Å². The first kappa shape index (κ1) is 19.9. The average molecular weight is 404 g/mol. The summed E-state index contributed by atoms with van der Waals surface area (Å²) in [4.78, 5) is 14.8. The molecule has 0 bridgehead atoms. The zero-order valence-corrected chi connectivity index (χ0v) is 16.8. The van der Waals surface area contributed by atoms with Crippen LogP contribution in [0.25, 0.3) is 0 Å². The van der Waals surface area contributed by atoms with Gasteiger partial charge in [0.15, 0.2) is 0 Å². The molecule has 1 heterocycles. The van der Waals surface area contributed by atoms with E-state index in [1.54, 1.807) is 0 Å². The van der Waals surface area contributed by atoms with E-state index >= 15 is 0 Å². The van der Waals surface area contributed by atoms with Gasteiger partial charge in [0.25, 0.3) is 0 Å². The Balaban J connectivity index is 1.49. The molecule has 1 aliphatic heterocycles. The fourth-order valence-electron chi connectivity index (χ4n) is 3.21. The first-order valence-corrected chi connectivity index (χ1v) is 9.84. The Morgan fingerprint density at radius 2 is 1.78 bits per heavy atom. The molecule has 1 aliphatic rings. The number of nitrogens with one attached hydrogen (secondary N) is 1. The molecule has 0 spiro atoms. The van der Waals surface area contributed by atoms with Crippen LogP contribution in [0.4, 0.5) is 0 Å². The quantitative estimate of drug-likeness (QED) is 0.578. The number of likely N-dealkylation sites (tertiary alicyclic amines) is 1. The Bertz CT molecular complexity index is 812. The molecule has 1 fully saturated rings. The molecule has 27 heavy (non-hydrogen) atoms. The van der Waals surface area contributed by atoms with Gasteiger partial charge in [0, 0.05) is 22.5 Å². The van der Waals surface area contributed by atoms with Crippen LogP contribution in [0.3, 0.4) is 0 Å². The van der Waals surface area contributed by atoms with Crippen LogP contribution in [0, 0.1) is 5.92 Å². The molecular formula is C21H23Cl2N3O. The van der Waals surface area contributed by atoms with Gasteiger partial charge in [-0.2, -0.15) is 5.10 Å². The lowest BCUT2D eigenvalue weighted by atomic mass is 9.96. The summed E-state index contributed by atoms with van der Waals surface area (Å²) < 4.78 is 0. The maximum atomic E-state index is 12.4. The number of hydrazone groups is 1. The van der Waals surface area contributed by atoms with Crippen molar-refractivity contribution >= 4 is 34.8 Å². The second kappa shape index (κ2) is 9.36. The molecule has 0 aliphatic carbocycles. The standard InChI is InChI=1S/C21H23Cl2N3O/c1-15(16-6-8-19(22)9-7-16)24-25-21(27)17-10-12-26(13-11-17)14-18-4-2-3-5-20(18)23/h2-9,17H,10-14H2,1H3,(H,25,27)/b24-15+. The Morgan fingerprint density at radius 1 is 1.11 bits per heavy atom. The monoisotopic (exact) mass is 403 g/mol. The molecule has 1 saturated heterocycles. The van der Waals surface area contributed by atoms with Crippen molar-refractivity contribution in [2.45, 2.75) is 26.3 Å². The largest absolute Gasteiger partial charge is 0.299 e. The van der Waals surface area contributed by atoms with Crippen LogP contribution in [-0.2, 0) is 11.3 Å². The first-order valence-electron chi connectivity index (χ1n) is 9.09. The summed E-state index contributed by atoms with van der Waals surface area (Å²) in [7, 11) is 0. The molecule has 2 aromatic rings. The van der Waals surface area contributed by atoms with Crippen molar-refractivity contribution in [3.05, 3.63) is 69.7 Å². The second-order valence-corrected chi connectivity index (χ2v) is 7.67. The smallest absolute Gasteiger partial charge is 0.243 e. The number of hydrogen-bond acceptors (Lipinski definition) is 3. The number of piperidine rings is 1. The third kappa shape index (κ3) is 5.55. The number of nitrogens with zero attached hydrogens (tertiary/aromatic N) is 2. The topological polar surface area (TPSA) is 44.7 Å². The van der Waals surface area contributed by atoms with Crippen molar-refractivity contribution in [3.8, 4) is 0 Å². The molecule has 0 saturated carbocycles. The van der Waals surface area contributed by atoms with E-state index in [1.165, 1.54) is 0 Å². The van der Waals surface area contributed by atoms with Crippen LogP contribution in [0.1, 0.15) is 30.9 Å². The van der Waals surface area contributed by atoms with Gasteiger partial charge in [-0.3, -0.25) is 9.69 Å². The predicted molar refractivity (Wildman–Crippen MR) is 111 cm³/mol. The summed E-state index contributed by atoms with van der Waals surface area (Å²) in [6.45, 7) is 4.45. The summed E-state index contributed by atoms with van der Waals surface area (Å²) in [5.41, 5.74) is 5.54. The maximum Gasteiger partial charge on any atom is 0.243 e. The Hall–Kier alpha value is -1.88. The minimum atomic E-state index is -0.0132. The van der Waals surface area contributed by atoms with Crippen molar-refractivity contribution in [1.29, 1.82) is 0 Å². The van der Waals surface area contributed by atoms with Gasteiger partial charge in [0.1, 0.15) is 0 Å². The predicted octanol–water partition coefficient (Wildman–Crippen LogP) is 4.75. The SMILES string of the molecule is C/C(=N\NC(=O)C1CCN(Cc2ccccc2Cl)CC1)c1ccc(Cl)cc1. The van der Waals surface area contributed by atoms with Gasteiger partial charge in [-0.1, -0.05) is 53.5 Å². The lowest BCUT2D eigenvalue weighted by Crippen LogP contribution is -2.39. The number of benzene rings is 2. The average Bonchev–Trinajstić information content (AvgIpc) is 2.69. The molecular weight excluding hydrogens is 381 g/mol. The van der Waals surface area contributed by atoms with E-state index in [-0.39, 0.29) is 11.8 Å². The van der Waals surface area contributed by atoms with Crippen molar-refractivity contribution in [3.63, 3.8) is 0 Å². The van der Waals surface area contributed by atoms with E-state index in [1.807, 2.05) is 49.4 Å². The number of amides is 1. The number of hydrogen-bond donors (Lipinski definition) is 1. The molecule has 1 amide bonds. The van der Waals surface area contributed by atoms with Gasteiger partial charge in [-0.05, 0) is 62.2 Å². The Labute approximate surface area is 170 Å². The molecule has 0 radical (unpaired) electrons. The fraction of sp³-hybridized carbons (Fsp3) is 0.333. The zero-order valence-electron chi connectivity index (χ0n) is 15.3. The van der Waals surface area contributed by atoms with Crippen LogP contribution >= 0.6 is 23.2 Å². The van der Waals surface area contributed by atoms with E-state index < -0.39 is 0 Å². The molecule has 0 atom stereocenters. The molecule has 142 valence electrons. The second-order valence-electron chi connectivity index (χ2n) is 6.82. The van der Waals surface area contributed by atoms with Gasteiger partial charge in [-0.25, -0.2) is 5.43 Å². The fourth-order valence-corrected chi connectivity index (χ4v) is 3.53. The van der Waals surface area contributed by atoms with Crippen molar-refractivity contribution in [1.82, 2.24) is 10.3 Å². The zero-order chi connectivity index (χ0) is 19.2. The number of carbonyl (C=O) groups is 1. The maximum absolute atomic E-state index is 12.4. The molecule has 2 aromatic carbocycles. The van der Waals surface area contributed by atoms with Crippen LogP contribution in [0.2, 0.25) is 10.0 Å². The minimum absolute atomic E-state index is 0.00531. The van der Waals surface area contributed by atoms with Crippen molar-refractivity contribution < 1.29 is 4.79 Å². The van der Waals surface area contributed by atoms with E-state index in [2.05, 4.69) is 21.5 Å². The van der Waals surface area contributed by atoms with Gasteiger partial charge >= 0.3 is 0 Å². The molecule has 4 nitrogen and oxygen atoms in total. The van der Waals surface area contributed by atoms with E-state index in [4.69, 9.17) is 23.2 Å². The number of halogens is 2. The lowest BCUT2D eigenvalue weighted by Gasteiger charge is -2.31. The van der Waals surface area contributed by atoms with Gasteiger partial charge in [0.2, 0.25) is 5.91 Å². The minimum Gasteiger partial charge on any atom is -0.299 e. The summed E-state index contributed by atoms with van der Waals surface area (Å²) in [5, 5.41) is 5.72. The highest BCUT2D eigenvalue weighted by Crippen LogP contribution is 2.22. The molecule has 1 N–H and O–H groups in total. The lowest BCUT2D eigenvalue weighted by molar-refractivity contribution is -0.126. The summed E-state index contributed by atoms with van der Waals surface area (Å²) in [5.74, 6) is -0.0185. The molecule has 0 aromatic heterocycles. The van der Waals surface area contributed by atoms with Gasteiger partial charge in [-0.15, -0.1) is 0 Å². The van der Waals surface area contributed by atoms with Crippen LogP contribution in [0.15, 0.2) is 53.6 Å². The van der Waals surface area contributed by atoms with Crippen molar-refractivity contribution in [2.24, 2.45) is 11.0 Å².